The first-order valence-corrected chi connectivity index (χ1v) is 9.83. The van der Waals surface area contributed by atoms with Crippen LogP contribution >= 0.6 is 23.2 Å². The molecule has 0 spiro atoms. The Balaban J connectivity index is 1.41. The van der Waals surface area contributed by atoms with Crippen molar-refractivity contribution < 1.29 is 9.21 Å². The van der Waals surface area contributed by atoms with Gasteiger partial charge < -0.3 is 14.2 Å². The highest BCUT2D eigenvalue weighted by Gasteiger charge is 2.61. The summed E-state index contributed by atoms with van der Waals surface area (Å²) >= 11 is 11.6. The monoisotopic (exact) mass is 408 g/mol. The molecular formula is C19H22Cl2N4O2. The van der Waals surface area contributed by atoms with Crippen LogP contribution in [0.3, 0.4) is 0 Å². The topological polar surface area (TPSA) is 62.5 Å². The number of rotatable bonds is 3. The summed E-state index contributed by atoms with van der Waals surface area (Å²) in [6, 6.07) is 4.36. The number of fused-ring (bicyclic) bond motifs is 1. The zero-order valence-electron chi connectivity index (χ0n) is 15.6. The third-order valence-electron chi connectivity index (χ3n) is 5.73. The summed E-state index contributed by atoms with van der Waals surface area (Å²) < 4.78 is 6.05. The fourth-order valence-corrected chi connectivity index (χ4v) is 4.22. The van der Waals surface area contributed by atoms with E-state index in [0.717, 1.165) is 5.69 Å². The van der Waals surface area contributed by atoms with Crippen molar-refractivity contribution in [3.63, 3.8) is 0 Å². The van der Waals surface area contributed by atoms with Gasteiger partial charge in [-0.3, -0.25) is 4.79 Å². The van der Waals surface area contributed by atoms with Gasteiger partial charge in [0, 0.05) is 31.9 Å². The first kappa shape index (κ1) is 18.6. The Morgan fingerprint density at radius 3 is 2.59 bits per heavy atom. The Morgan fingerprint density at radius 2 is 1.93 bits per heavy atom. The Morgan fingerprint density at radius 1 is 1.22 bits per heavy atom. The molecule has 1 saturated heterocycles. The third kappa shape index (κ3) is 3.41. The number of nitrogens with zero attached hydrogens (tertiary/aromatic N) is 4. The lowest BCUT2D eigenvalue weighted by Crippen LogP contribution is -2.49. The van der Waals surface area contributed by atoms with Gasteiger partial charge in [-0.2, -0.15) is 4.98 Å². The van der Waals surface area contributed by atoms with Crippen LogP contribution in [-0.2, 0) is 4.79 Å². The minimum Gasteiger partial charge on any atom is -0.422 e. The van der Waals surface area contributed by atoms with Crippen LogP contribution in [0.5, 0.6) is 0 Å². The average molecular weight is 409 g/mol. The second kappa shape index (κ2) is 6.67. The van der Waals surface area contributed by atoms with E-state index in [1.54, 1.807) is 6.08 Å². The predicted molar refractivity (Wildman–Crippen MR) is 106 cm³/mol. The standard InChI is InChI=1S/C19H22Cl2N4O2/c1-11-4-5-13-16(22-11)23-18(27-13)25-8-6-24(7-9-25)17(26)15-12(10-14(20)21)19(15,2)3/h4-5,10,12,15H,6-9H2,1-3H3/t12-,15-/m0/s1. The lowest BCUT2D eigenvalue weighted by atomic mass is 10.1. The Bertz CT molecular complexity index is 912. The van der Waals surface area contributed by atoms with Crippen LogP contribution in [0.15, 0.2) is 27.1 Å². The number of piperazine rings is 1. The average Bonchev–Trinajstić information content (AvgIpc) is 2.96. The number of allylic oxidation sites excluding steroid dienone is 1. The van der Waals surface area contributed by atoms with E-state index >= 15 is 0 Å². The molecule has 0 aromatic carbocycles. The summed E-state index contributed by atoms with van der Waals surface area (Å²) in [7, 11) is 0. The van der Waals surface area contributed by atoms with Crippen molar-refractivity contribution in [1.29, 1.82) is 0 Å². The van der Waals surface area contributed by atoms with Gasteiger partial charge in [0.2, 0.25) is 11.6 Å². The molecule has 2 atom stereocenters. The van der Waals surface area contributed by atoms with Crippen LogP contribution in [-0.4, -0.2) is 47.0 Å². The highest BCUT2D eigenvalue weighted by Crippen LogP contribution is 2.60. The molecule has 0 radical (unpaired) electrons. The summed E-state index contributed by atoms with van der Waals surface area (Å²) in [6.07, 6.45) is 1.79. The van der Waals surface area contributed by atoms with Gasteiger partial charge in [-0.25, -0.2) is 4.98 Å². The van der Waals surface area contributed by atoms with Crippen molar-refractivity contribution in [3.05, 3.63) is 28.4 Å². The second-order valence-electron chi connectivity index (χ2n) is 7.86. The molecule has 6 nitrogen and oxygen atoms in total. The number of anilines is 1. The van der Waals surface area contributed by atoms with Crippen LogP contribution < -0.4 is 4.90 Å². The molecule has 1 aliphatic carbocycles. The Hall–Kier alpha value is -1.79. The molecule has 4 rings (SSSR count). The molecule has 0 N–H and O–H groups in total. The molecule has 2 aliphatic rings. The molecule has 0 unspecified atom stereocenters. The van der Waals surface area contributed by atoms with Gasteiger partial charge in [0.1, 0.15) is 4.49 Å². The SMILES string of the molecule is Cc1ccc2oc(N3CCN(C(=O)[C@@H]4[C@H](C=C(Cl)Cl)C4(C)C)CC3)nc2n1. The van der Waals surface area contributed by atoms with Crippen LogP contribution in [0, 0.1) is 24.2 Å². The molecule has 8 heteroatoms. The van der Waals surface area contributed by atoms with Gasteiger partial charge in [-0.15, -0.1) is 0 Å². The van der Waals surface area contributed by atoms with Crippen molar-refractivity contribution in [2.24, 2.45) is 17.3 Å². The molecule has 2 aromatic rings. The summed E-state index contributed by atoms with van der Waals surface area (Å²) in [4.78, 5) is 25.8. The maximum Gasteiger partial charge on any atom is 0.300 e. The van der Waals surface area contributed by atoms with Gasteiger partial charge in [0.25, 0.3) is 6.01 Å². The van der Waals surface area contributed by atoms with Crippen molar-refractivity contribution in [3.8, 4) is 0 Å². The zero-order valence-corrected chi connectivity index (χ0v) is 17.1. The number of carbonyl (C=O) groups excluding carboxylic acids is 1. The van der Waals surface area contributed by atoms with Crippen molar-refractivity contribution >= 4 is 46.4 Å². The molecule has 0 bridgehead atoms. The molecule has 1 saturated carbocycles. The first-order valence-electron chi connectivity index (χ1n) is 9.08. The number of carbonyl (C=O) groups is 1. The second-order valence-corrected chi connectivity index (χ2v) is 8.87. The van der Waals surface area contributed by atoms with Gasteiger partial charge in [0.05, 0.1) is 5.92 Å². The normalized spacial score (nSPS) is 24.2. The fourth-order valence-electron chi connectivity index (χ4n) is 3.95. The number of amides is 1. The van der Waals surface area contributed by atoms with E-state index in [0.29, 0.717) is 43.4 Å². The third-order valence-corrected chi connectivity index (χ3v) is 5.98. The zero-order chi connectivity index (χ0) is 19.3. The molecule has 1 aliphatic heterocycles. The van der Waals surface area contributed by atoms with Crippen LogP contribution in [0.25, 0.3) is 11.2 Å². The van der Waals surface area contributed by atoms with Crippen LogP contribution in [0.4, 0.5) is 6.01 Å². The maximum absolute atomic E-state index is 12.9. The summed E-state index contributed by atoms with van der Waals surface area (Å²) in [5.74, 6) is 0.206. The minimum atomic E-state index is -0.104. The number of aryl methyl sites for hydroxylation is 1. The van der Waals surface area contributed by atoms with Crippen molar-refractivity contribution in [2.75, 3.05) is 31.1 Å². The molecule has 2 fully saturated rings. The van der Waals surface area contributed by atoms with Gasteiger partial charge in [-0.1, -0.05) is 37.0 Å². The number of pyridine rings is 1. The molecule has 27 heavy (non-hydrogen) atoms. The number of aromatic nitrogens is 2. The Kier molecular flexibility index (Phi) is 4.59. The van der Waals surface area contributed by atoms with E-state index in [4.69, 9.17) is 27.6 Å². The smallest absolute Gasteiger partial charge is 0.300 e. The number of halogens is 2. The predicted octanol–water partition coefficient (Wildman–Crippen LogP) is 3.77. The fraction of sp³-hybridized carbons (Fsp3) is 0.526. The van der Waals surface area contributed by atoms with Crippen LogP contribution in [0.2, 0.25) is 0 Å². The van der Waals surface area contributed by atoms with Gasteiger partial charge in [-0.05, 0) is 36.5 Å². The van der Waals surface area contributed by atoms with E-state index < -0.39 is 0 Å². The van der Waals surface area contributed by atoms with Crippen molar-refractivity contribution in [2.45, 2.75) is 20.8 Å². The van der Waals surface area contributed by atoms with E-state index in [9.17, 15) is 4.79 Å². The quantitative estimate of drug-likeness (QED) is 0.773. The molecule has 2 aromatic heterocycles. The van der Waals surface area contributed by atoms with Crippen LogP contribution in [0.1, 0.15) is 19.5 Å². The summed E-state index contributed by atoms with van der Waals surface area (Å²) in [6.45, 7) is 8.73. The van der Waals surface area contributed by atoms with E-state index in [2.05, 4.69) is 28.7 Å². The van der Waals surface area contributed by atoms with E-state index in [-0.39, 0.29) is 27.6 Å². The highest BCUT2D eigenvalue weighted by atomic mass is 35.5. The Labute approximate surface area is 168 Å². The summed E-state index contributed by atoms with van der Waals surface area (Å²) in [5.41, 5.74) is 2.11. The first-order chi connectivity index (χ1) is 12.8. The van der Waals surface area contributed by atoms with E-state index in [1.807, 2.05) is 24.0 Å². The lowest BCUT2D eigenvalue weighted by molar-refractivity contribution is -0.133. The maximum atomic E-state index is 12.9. The van der Waals surface area contributed by atoms with Gasteiger partial charge >= 0.3 is 0 Å². The number of hydrogen-bond donors (Lipinski definition) is 0. The molecular weight excluding hydrogens is 387 g/mol. The summed E-state index contributed by atoms with van der Waals surface area (Å²) in [5, 5.41) is 0. The van der Waals surface area contributed by atoms with Gasteiger partial charge in [0.15, 0.2) is 5.58 Å². The van der Waals surface area contributed by atoms with Crippen molar-refractivity contribution in [1.82, 2.24) is 14.9 Å². The minimum absolute atomic E-state index is 0.0620. The molecule has 144 valence electrons. The van der Waals surface area contributed by atoms with E-state index in [1.165, 1.54) is 0 Å². The highest BCUT2D eigenvalue weighted by molar-refractivity contribution is 6.55. The number of oxazole rings is 1. The number of hydrogen-bond acceptors (Lipinski definition) is 5. The molecule has 1 amide bonds. The molecule has 3 heterocycles. The largest absolute Gasteiger partial charge is 0.422 e. The lowest BCUT2D eigenvalue weighted by Gasteiger charge is -2.34.